The molecule has 0 fully saturated rings. The Morgan fingerprint density at radius 2 is 2.41 bits per heavy atom. The number of hydrogen-bond acceptors (Lipinski definition) is 5. The fourth-order valence-corrected chi connectivity index (χ4v) is 3.72. The van der Waals surface area contributed by atoms with E-state index in [-0.39, 0.29) is 0 Å². The SMILES string of the molecule is Cc1cc2n(n1)C[C@H](CNC[C@H](c1ccsc1)N(C)C)CN2. The van der Waals surface area contributed by atoms with Crippen molar-refractivity contribution in [2.45, 2.75) is 19.5 Å². The van der Waals surface area contributed by atoms with E-state index in [4.69, 9.17) is 0 Å². The van der Waals surface area contributed by atoms with Crippen molar-refractivity contribution in [1.29, 1.82) is 0 Å². The molecule has 0 spiro atoms. The second kappa shape index (κ2) is 6.81. The summed E-state index contributed by atoms with van der Waals surface area (Å²) in [6.07, 6.45) is 0. The Hall–Kier alpha value is -1.37. The smallest absolute Gasteiger partial charge is 0.124 e. The van der Waals surface area contributed by atoms with Gasteiger partial charge in [0.15, 0.2) is 0 Å². The molecule has 1 aliphatic heterocycles. The van der Waals surface area contributed by atoms with Gasteiger partial charge in [-0.05, 0) is 43.4 Å². The monoisotopic (exact) mass is 319 g/mol. The molecule has 3 rings (SSSR count). The van der Waals surface area contributed by atoms with Crippen molar-refractivity contribution >= 4 is 17.2 Å². The summed E-state index contributed by atoms with van der Waals surface area (Å²) < 4.78 is 2.09. The van der Waals surface area contributed by atoms with Crippen molar-refractivity contribution in [3.63, 3.8) is 0 Å². The Morgan fingerprint density at radius 3 is 3.14 bits per heavy atom. The number of likely N-dealkylation sites (N-methyl/N-ethyl adjacent to an activating group) is 1. The van der Waals surface area contributed by atoms with Crippen LogP contribution in [0.2, 0.25) is 0 Å². The topological polar surface area (TPSA) is 45.1 Å². The summed E-state index contributed by atoms with van der Waals surface area (Å²) in [6, 6.07) is 4.77. The van der Waals surface area contributed by atoms with Gasteiger partial charge >= 0.3 is 0 Å². The van der Waals surface area contributed by atoms with Crippen LogP contribution in [0.15, 0.2) is 22.9 Å². The number of nitrogens with one attached hydrogen (secondary N) is 2. The van der Waals surface area contributed by atoms with Gasteiger partial charge in [0.05, 0.1) is 5.69 Å². The summed E-state index contributed by atoms with van der Waals surface area (Å²) in [5.74, 6) is 1.73. The summed E-state index contributed by atoms with van der Waals surface area (Å²) in [4.78, 5) is 2.28. The van der Waals surface area contributed by atoms with E-state index >= 15 is 0 Å². The lowest BCUT2D eigenvalue weighted by molar-refractivity contribution is 0.280. The standard InChI is InChI=1S/C16H25N5S/c1-12-6-16-18-8-13(10-21(16)19-12)7-17-9-15(20(2)3)14-4-5-22-11-14/h4-6,11,13,15,17-18H,7-10H2,1-3H3/t13-,15-/m1/s1. The van der Waals surface area contributed by atoms with Crippen LogP contribution in [0.3, 0.4) is 0 Å². The van der Waals surface area contributed by atoms with E-state index in [1.54, 1.807) is 11.3 Å². The minimum absolute atomic E-state index is 0.435. The molecule has 2 atom stereocenters. The van der Waals surface area contributed by atoms with Crippen LogP contribution in [0.1, 0.15) is 17.3 Å². The highest BCUT2D eigenvalue weighted by Gasteiger charge is 2.20. The van der Waals surface area contributed by atoms with E-state index in [9.17, 15) is 0 Å². The van der Waals surface area contributed by atoms with Gasteiger partial charge in [0.25, 0.3) is 0 Å². The third-order valence-corrected chi connectivity index (χ3v) is 4.93. The maximum absolute atomic E-state index is 4.53. The lowest BCUT2D eigenvalue weighted by atomic mass is 10.1. The van der Waals surface area contributed by atoms with Crippen LogP contribution >= 0.6 is 11.3 Å². The van der Waals surface area contributed by atoms with Crippen molar-refractivity contribution in [2.75, 3.05) is 39.0 Å². The maximum Gasteiger partial charge on any atom is 0.124 e. The zero-order valence-corrected chi connectivity index (χ0v) is 14.4. The maximum atomic E-state index is 4.53. The molecule has 2 aromatic rings. The molecular weight excluding hydrogens is 294 g/mol. The quantitative estimate of drug-likeness (QED) is 0.857. The van der Waals surface area contributed by atoms with Gasteiger partial charge in [-0.2, -0.15) is 16.4 Å². The van der Waals surface area contributed by atoms with E-state index in [1.807, 2.05) is 6.92 Å². The zero-order valence-electron chi connectivity index (χ0n) is 13.5. The van der Waals surface area contributed by atoms with Crippen LogP contribution in [-0.4, -0.2) is 48.4 Å². The number of anilines is 1. The first kappa shape index (κ1) is 15.5. The highest BCUT2D eigenvalue weighted by atomic mass is 32.1. The van der Waals surface area contributed by atoms with E-state index in [1.165, 1.54) is 5.56 Å². The fourth-order valence-electron chi connectivity index (χ4n) is 3.01. The number of rotatable bonds is 6. The molecule has 0 saturated carbocycles. The third kappa shape index (κ3) is 3.51. The minimum atomic E-state index is 0.435. The number of thiophene rings is 1. The highest BCUT2D eigenvalue weighted by molar-refractivity contribution is 7.07. The fraction of sp³-hybridized carbons (Fsp3) is 0.562. The van der Waals surface area contributed by atoms with Gasteiger partial charge in [-0.15, -0.1) is 0 Å². The van der Waals surface area contributed by atoms with E-state index < -0.39 is 0 Å². The molecule has 0 unspecified atom stereocenters. The van der Waals surface area contributed by atoms with Crippen LogP contribution in [0, 0.1) is 12.8 Å². The second-order valence-electron chi connectivity index (χ2n) is 6.29. The number of aromatic nitrogens is 2. The molecule has 0 saturated heterocycles. The molecule has 2 N–H and O–H groups in total. The largest absolute Gasteiger partial charge is 0.370 e. The van der Waals surface area contributed by atoms with E-state index in [0.29, 0.717) is 12.0 Å². The second-order valence-corrected chi connectivity index (χ2v) is 7.07. The minimum Gasteiger partial charge on any atom is -0.370 e. The Morgan fingerprint density at radius 1 is 1.55 bits per heavy atom. The Balaban J connectivity index is 1.51. The van der Waals surface area contributed by atoms with Crippen molar-refractivity contribution < 1.29 is 0 Å². The van der Waals surface area contributed by atoms with Gasteiger partial charge in [0, 0.05) is 44.2 Å². The Kier molecular flexibility index (Phi) is 4.81. The highest BCUT2D eigenvalue weighted by Crippen LogP contribution is 2.21. The average Bonchev–Trinajstić information content (AvgIpc) is 3.10. The number of nitrogens with zero attached hydrogens (tertiary/aromatic N) is 3. The summed E-state index contributed by atoms with van der Waals surface area (Å²) in [7, 11) is 4.29. The van der Waals surface area contributed by atoms with Crippen LogP contribution < -0.4 is 10.6 Å². The van der Waals surface area contributed by atoms with Gasteiger partial charge in [0.1, 0.15) is 5.82 Å². The average molecular weight is 319 g/mol. The van der Waals surface area contributed by atoms with Crippen molar-refractivity contribution in [3.05, 3.63) is 34.2 Å². The van der Waals surface area contributed by atoms with Crippen LogP contribution in [-0.2, 0) is 6.54 Å². The Bertz CT molecular complexity index is 590. The molecule has 22 heavy (non-hydrogen) atoms. The molecule has 0 aromatic carbocycles. The molecular formula is C16H25N5S. The van der Waals surface area contributed by atoms with Crippen LogP contribution in [0.4, 0.5) is 5.82 Å². The molecule has 0 bridgehead atoms. The first-order chi connectivity index (χ1) is 10.6. The van der Waals surface area contributed by atoms with Gasteiger partial charge in [-0.3, -0.25) is 0 Å². The predicted molar refractivity (Wildman–Crippen MR) is 92.6 cm³/mol. The normalized spacial score (nSPS) is 19.0. The number of hydrogen-bond donors (Lipinski definition) is 2. The molecule has 6 heteroatoms. The summed E-state index contributed by atoms with van der Waals surface area (Å²) in [5, 5.41) is 16.0. The molecule has 1 aliphatic rings. The van der Waals surface area contributed by atoms with Crippen LogP contribution in [0.5, 0.6) is 0 Å². The molecule has 3 heterocycles. The van der Waals surface area contributed by atoms with Gasteiger partial charge < -0.3 is 15.5 Å². The lowest BCUT2D eigenvalue weighted by Crippen LogP contribution is -2.38. The van der Waals surface area contributed by atoms with E-state index in [0.717, 1.165) is 37.7 Å². The number of fused-ring (bicyclic) bond motifs is 1. The van der Waals surface area contributed by atoms with E-state index in [2.05, 4.69) is 62.3 Å². The summed E-state index contributed by atoms with van der Waals surface area (Å²) >= 11 is 1.77. The first-order valence-corrected chi connectivity index (χ1v) is 8.75. The van der Waals surface area contributed by atoms with Gasteiger partial charge in [-0.25, -0.2) is 4.68 Å². The molecule has 2 aromatic heterocycles. The third-order valence-electron chi connectivity index (χ3n) is 4.23. The molecule has 0 aliphatic carbocycles. The zero-order chi connectivity index (χ0) is 15.5. The van der Waals surface area contributed by atoms with Gasteiger partial charge in [-0.1, -0.05) is 0 Å². The van der Waals surface area contributed by atoms with Crippen molar-refractivity contribution in [1.82, 2.24) is 20.0 Å². The number of aryl methyl sites for hydroxylation is 1. The molecule has 5 nitrogen and oxygen atoms in total. The molecule has 0 amide bonds. The lowest BCUT2D eigenvalue weighted by Gasteiger charge is -2.28. The summed E-state index contributed by atoms with van der Waals surface area (Å²) in [5.41, 5.74) is 2.48. The predicted octanol–water partition coefficient (Wildman–Crippen LogP) is 2.19. The first-order valence-electron chi connectivity index (χ1n) is 7.81. The molecule has 0 radical (unpaired) electrons. The van der Waals surface area contributed by atoms with Gasteiger partial charge in [0.2, 0.25) is 0 Å². The molecule has 120 valence electrons. The van der Waals surface area contributed by atoms with Crippen molar-refractivity contribution in [2.24, 2.45) is 5.92 Å². The van der Waals surface area contributed by atoms with Crippen molar-refractivity contribution in [3.8, 4) is 0 Å². The summed E-state index contributed by atoms with van der Waals surface area (Å²) in [6.45, 7) is 6.05. The van der Waals surface area contributed by atoms with Crippen LogP contribution in [0.25, 0.3) is 0 Å². The Labute approximate surface area is 136 Å².